The molecular weight excluding hydrogens is 214 g/mol. The van der Waals surface area contributed by atoms with E-state index in [-0.39, 0.29) is 12.5 Å². The molecule has 2 aromatic rings. The Morgan fingerprint density at radius 1 is 1.29 bits per heavy atom. The lowest BCUT2D eigenvalue weighted by Gasteiger charge is -2.06. The highest BCUT2D eigenvalue weighted by atomic mass is 16.3. The maximum atomic E-state index is 9.00. The summed E-state index contributed by atoms with van der Waals surface area (Å²) >= 11 is 0. The van der Waals surface area contributed by atoms with E-state index in [9.17, 15) is 0 Å². The quantitative estimate of drug-likeness (QED) is 0.788. The highest BCUT2D eigenvalue weighted by molar-refractivity contribution is 5.63. The van der Waals surface area contributed by atoms with Gasteiger partial charge in [-0.25, -0.2) is 0 Å². The van der Waals surface area contributed by atoms with Gasteiger partial charge in [0.05, 0.1) is 6.20 Å². The highest BCUT2D eigenvalue weighted by Crippen LogP contribution is 2.19. The van der Waals surface area contributed by atoms with E-state index in [1.165, 1.54) is 0 Å². The number of aromatic nitrogens is 2. The Kier molecular flexibility index (Phi) is 3.44. The van der Waals surface area contributed by atoms with Crippen molar-refractivity contribution in [2.24, 2.45) is 5.92 Å². The van der Waals surface area contributed by atoms with Crippen LogP contribution in [0.2, 0.25) is 0 Å². The van der Waals surface area contributed by atoms with Crippen molar-refractivity contribution in [3.63, 3.8) is 0 Å². The fourth-order valence-electron chi connectivity index (χ4n) is 1.67. The van der Waals surface area contributed by atoms with Crippen LogP contribution >= 0.6 is 0 Å². The number of hydrogen-bond acceptors (Lipinski definition) is 3. The SMILES string of the molecule is CC(CO)Cn1cc(-c2ccc(N)cc2)cn1. The topological polar surface area (TPSA) is 64.1 Å². The zero-order valence-electron chi connectivity index (χ0n) is 9.87. The van der Waals surface area contributed by atoms with Gasteiger partial charge >= 0.3 is 0 Å². The van der Waals surface area contributed by atoms with E-state index in [0.29, 0.717) is 0 Å². The Hall–Kier alpha value is -1.81. The van der Waals surface area contributed by atoms with E-state index in [1.807, 2.05) is 48.3 Å². The predicted molar refractivity (Wildman–Crippen MR) is 68.3 cm³/mol. The summed E-state index contributed by atoms with van der Waals surface area (Å²) in [5, 5.41) is 13.3. The van der Waals surface area contributed by atoms with E-state index in [1.54, 1.807) is 0 Å². The second-order valence-corrected chi connectivity index (χ2v) is 4.36. The molecular formula is C13H17N3O. The first-order valence-corrected chi connectivity index (χ1v) is 5.68. The van der Waals surface area contributed by atoms with Gasteiger partial charge in [0.25, 0.3) is 0 Å². The first-order chi connectivity index (χ1) is 8.19. The van der Waals surface area contributed by atoms with Crippen molar-refractivity contribution in [3.8, 4) is 11.1 Å². The Morgan fingerprint density at radius 2 is 2.00 bits per heavy atom. The van der Waals surface area contributed by atoms with E-state index in [4.69, 9.17) is 10.8 Å². The zero-order chi connectivity index (χ0) is 12.3. The number of nitrogens with two attached hydrogens (primary N) is 1. The number of anilines is 1. The monoisotopic (exact) mass is 231 g/mol. The van der Waals surface area contributed by atoms with E-state index in [2.05, 4.69) is 5.10 Å². The summed E-state index contributed by atoms with van der Waals surface area (Å²) in [6.45, 7) is 2.90. The zero-order valence-corrected chi connectivity index (χ0v) is 9.87. The van der Waals surface area contributed by atoms with Crippen LogP contribution in [-0.4, -0.2) is 21.5 Å². The van der Waals surface area contributed by atoms with Gasteiger partial charge in [0.2, 0.25) is 0 Å². The summed E-state index contributed by atoms with van der Waals surface area (Å²) < 4.78 is 1.85. The van der Waals surface area contributed by atoms with Crippen LogP contribution in [-0.2, 0) is 6.54 Å². The smallest absolute Gasteiger partial charge is 0.0568 e. The molecule has 1 heterocycles. The van der Waals surface area contributed by atoms with Crippen LogP contribution in [0.4, 0.5) is 5.69 Å². The van der Waals surface area contributed by atoms with Gasteiger partial charge in [0, 0.05) is 30.6 Å². The molecule has 3 N–H and O–H groups in total. The van der Waals surface area contributed by atoms with E-state index < -0.39 is 0 Å². The van der Waals surface area contributed by atoms with Crippen molar-refractivity contribution in [1.82, 2.24) is 9.78 Å². The number of nitrogens with zero attached hydrogens (tertiary/aromatic N) is 2. The highest BCUT2D eigenvalue weighted by Gasteiger charge is 2.05. The van der Waals surface area contributed by atoms with Crippen molar-refractivity contribution in [2.45, 2.75) is 13.5 Å². The second kappa shape index (κ2) is 5.01. The fraction of sp³-hybridized carbons (Fsp3) is 0.308. The first-order valence-electron chi connectivity index (χ1n) is 5.68. The van der Waals surface area contributed by atoms with Crippen molar-refractivity contribution in [1.29, 1.82) is 0 Å². The summed E-state index contributed by atoms with van der Waals surface area (Å²) in [5.41, 5.74) is 8.57. The third-order valence-corrected chi connectivity index (χ3v) is 2.69. The number of benzene rings is 1. The number of nitrogen functional groups attached to an aromatic ring is 1. The second-order valence-electron chi connectivity index (χ2n) is 4.36. The minimum absolute atomic E-state index is 0.178. The van der Waals surface area contributed by atoms with Crippen LogP contribution < -0.4 is 5.73 Å². The Bertz CT molecular complexity index is 476. The lowest BCUT2D eigenvalue weighted by molar-refractivity contribution is 0.219. The Labute approximate surface area is 101 Å². The molecule has 1 aromatic carbocycles. The molecule has 0 fully saturated rings. The van der Waals surface area contributed by atoms with Crippen LogP contribution in [0.15, 0.2) is 36.7 Å². The summed E-state index contributed by atoms with van der Waals surface area (Å²) in [6, 6.07) is 7.71. The molecule has 0 amide bonds. The number of aliphatic hydroxyl groups is 1. The van der Waals surface area contributed by atoms with Gasteiger partial charge in [-0.15, -0.1) is 0 Å². The normalized spacial score (nSPS) is 12.6. The summed E-state index contributed by atoms with van der Waals surface area (Å²) in [6.07, 6.45) is 3.81. The molecule has 1 aromatic heterocycles. The van der Waals surface area contributed by atoms with Crippen molar-refractivity contribution < 1.29 is 5.11 Å². The van der Waals surface area contributed by atoms with Crippen molar-refractivity contribution >= 4 is 5.69 Å². The molecule has 0 aliphatic rings. The predicted octanol–water partition coefficient (Wildman–Crippen LogP) is 1.76. The van der Waals surface area contributed by atoms with Gasteiger partial charge in [-0.1, -0.05) is 19.1 Å². The lowest BCUT2D eigenvalue weighted by Crippen LogP contribution is -2.11. The molecule has 4 nitrogen and oxygen atoms in total. The molecule has 0 saturated carbocycles. The van der Waals surface area contributed by atoms with Gasteiger partial charge in [-0.05, 0) is 23.6 Å². The number of hydrogen-bond donors (Lipinski definition) is 2. The molecule has 0 aliphatic heterocycles. The van der Waals surface area contributed by atoms with Gasteiger partial charge in [-0.3, -0.25) is 4.68 Å². The van der Waals surface area contributed by atoms with E-state index >= 15 is 0 Å². The molecule has 0 saturated heterocycles. The van der Waals surface area contributed by atoms with Gasteiger partial charge in [-0.2, -0.15) is 5.10 Å². The average molecular weight is 231 g/mol. The maximum Gasteiger partial charge on any atom is 0.0568 e. The largest absolute Gasteiger partial charge is 0.399 e. The standard InChI is InChI=1S/C13H17N3O/c1-10(9-17)7-16-8-12(6-15-16)11-2-4-13(14)5-3-11/h2-6,8,10,17H,7,9,14H2,1H3. The molecule has 4 heteroatoms. The molecule has 90 valence electrons. The maximum absolute atomic E-state index is 9.00. The minimum atomic E-state index is 0.178. The molecule has 0 spiro atoms. The van der Waals surface area contributed by atoms with E-state index in [0.717, 1.165) is 23.4 Å². The summed E-state index contributed by atoms with van der Waals surface area (Å²) in [4.78, 5) is 0. The third-order valence-electron chi connectivity index (χ3n) is 2.69. The van der Waals surface area contributed by atoms with Crippen LogP contribution in [0.25, 0.3) is 11.1 Å². The molecule has 1 unspecified atom stereocenters. The van der Waals surface area contributed by atoms with Crippen LogP contribution in [0.1, 0.15) is 6.92 Å². The molecule has 1 atom stereocenters. The van der Waals surface area contributed by atoms with Crippen LogP contribution in [0, 0.1) is 5.92 Å². The van der Waals surface area contributed by atoms with Gasteiger partial charge in [0.15, 0.2) is 0 Å². The fourth-order valence-corrected chi connectivity index (χ4v) is 1.67. The van der Waals surface area contributed by atoms with Crippen LogP contribution in [0.3, 0.4) is 0 Å². The molecule has 0 bridgehead atoms. The molecule has 0 radical (unpaired) electrons. The first kappa shape index (κ1) is 11.7. The van der Waals surface area contributed by atoms with Crippen LogP contribution in [0.5, 0.6) is 0 Å². The minimum Gasteiger partial charge on any atom is -0.399 e. The van der Waals surface area contributed by atoms with Gasteiger partial charge < -0.3 is 10.8 Å². The Balaban J connectivity index is 2.15. The van der Waals surface area contributed by atoms with Crippen molar-refractivity contribution in [3.05, 3.63) is 36.7 Å². The molecule has 2 rings (SSSR count). The number of rotatable bonds is 4. The lowest BCUT2D eigenvalue weighted by atomic mass is 10.1. The number of aliphatic hydroxyl groups excluding tert-OH is 1. The molecule has 0 aliphatic carbocycles. The van der Waals surface area contributed by atoms with Gasteiger partial charge in [0.1, 0.15) is 0 Å². The molecule has 17 heavy (non-hydrogen) atoms. The van der Waals surface area contributed by atoms with Crippen molar-refractivity contribution in [2.75, 3.05) is 12.3 Å². The summed E-state index contributed by atoms with van der Waals surface area (Å²) in [5.74, 6) is 0.217. The Morgan fingerprint density at radius 3 is 2.65 bits per heavy atom. The third kappa shape index (κ3) is 2.85. The average Bonchev–Trinajstić information content (AvgIpc) is 2.78. The summed E-state index contributed by atoms with van der Waals surface area (Å²) in [7, 11) is 0.